The summed E-state index contributed by atoms with van der Waals surface area (Å²) in [6.45, 7) is 1.38. The van der Waals surface area contributed by atoms with Gasteiger partial charge in [-0.1, -0.05) is 30.0 Å². The van der Waals surface area contributed by atoms with Crippen LogP contribution in [0.1, 0.15) is 6.92 Å². The largest absolute Gasteiger partial charge is 0.306 e. The highest BCUT2D eigenvalue weighted by molar-refractivity contribution is 7.98. The Bertz CT molecular complexity index is 798. The van der Waals surface area contributed by atoms with Crippen LogP contribution in [0, 0.1) is 0 Å². The average molecular weight is 316 g/mol. The fourth-order valence-corrected chi connectivity index (χ4v) is 2.45. The molecule has 9 heteroatoms. The smallest absolute Gasteiger partial charge is 0.222 e. The molecule has 1 amide bonds. The number of benzene rings is 1. The van der Waals surface area contributed by atoms with Crippen LogP contribution in [0.25, 0.3) is 17.2 Å². The molecule has 0 spiro atoms. The van der Waals surface area contributed by atoms with Gasteiger partial charge in [0.1, 0.15) is 0 Å². The Hall–Kier alpha value is -2.68. The van der Waals surface area contributed by atoms with E-state index >= 15 is 0 Å². The van der Waals surface area contributed by atoms with Crippen LogP contribution < -0.4 is 5.32 Å². The van der Waals surface area contributed by atoms with Crippen molar-refractivity contribution in [1.29, 1.82) is 0 Å². The number of nitrogens with zero attached hydrogens (tertiary/aromatic N) is 5. The lowest BCUT2D eigenvalue weighted by Crippen LogP contribution is -2.08. The van der Waals surface area contributed by atoms with Gasteiger partial charge in [-0.2, -0.15) is 0 Å². The van der Waals surface area contributed by atoms with Gasteiger partial charge in [0.25, 0.3) is 0 Å². The second-order valence-electron chi connectivity index (χ2n) is 4.32. The molecule has 8 nitrogen and oxygen atoms in total. The lowest BCUT2D eigenvalue weighted by molar-refractivity contribution is -0.114. The van der Waals surface area contributed by atoms with Crippen LogP contribution in [0.15, 0.2) is 40.1 Å². The van der Waals surface area contributed by atoms with Crippen molar-refractivity contribution in [2.45, 2.75) is 12.1 Å². The molecule has 0 fully saturated rings. The molecule has 0 bridgehead atoms. The van der Waals surface area contributed by atoms with Crippen LogP contribution in [0.2, 0.25) is 0 Å². The molecule has 0 saturated carbocycles. The van der Waals surface area contributed by atoms with Crippen LogP contribution >= 0.6 is 11.8 Å². The van der Waals surface area contributed by atoms with E-state index in [9.17, 15) is 4.79 Å². The quantitative estimate of drug-likeness (QED) is 0.735. The Morgan fingerprint density at radius 3 is 2.68 bits per heavy atom. The highest BCUT2D eigenvalue weighted by atomic mass is 32.2. The van der Waals surface area contributed by atoms with E-state index in [2.05, 4.69) is 25.8 Å². The molecule has 2 aromatic heterocycles. The number of thioether (sulfide) groups is 1. The minimum Gasteiger partial charge on any atom is -0.306 e. The number of para-hydroxylation sites is 1. The van der Waals surface area contributed by atoms with Gasteiger partial charge in [0.05, 0.1) is 0 Å². The Kier molecular flexibility index (Phi) is 3.88. The van der Waals surface area contributed by atoms with E-state index in [0.29, 0.717) is 16.7 Å². The van der Waals surface area contributed by atoms with Crippen LogP contribution in [0.4, 0.5) is 5.82 Å². The molecular formula is C13H12N6O2S. The van der Waals surface area contributed by atoms with Crippen molar-refractivity contribution < 1.29 is 9.42 Å². The monoisotopic (exact) mass is 316 g/mol. The molecular weight excluding hydrogens is 304 g/mol. The van der Waals surface area contributed by atoms with Gasteiger partial charge in [0.2, 0.25) is 11.7 Å². The minimum atomic E-state index is -0.271. The lowest BCUT2D eigenvalue weighted by atomic mass is 10.3. The molecule has 0 unspecified atom stereocenters. The highest BCUT2D eigenvalue weighted by Crippen LogP contribution is 2.29. The molecule has 0 radical (unpaired) electrons. The molecule has 0 aliphatic heterocycles. The summed E-state index contributed by atoms with van der Waals surface area (Å²) in [7, 11) is 0. The van der Waals surface area contributed by atoms with Gasteiger partial charge < -0.3 is 5.32 Å². The normalized spacial score (nSPS) is 10.6. The molecule has 3 aromatic rings. The predicted octanol–water partition coefficient (Wildman–Crippen LogP) is 2.00. The third-order valence-corrected chi connectivity index (χ3v) is 3.45. The van der Waals surface area contributed by atoms with Crippen molar-refractivity contribution in [1.82, 2.24) is 25.1 Å². The Labute approximate surface area is 129 Å². The van der Waals surface area contributed by atoms with E-state index in [4.69, 9.17) is 4.63 Å². The topological polar surface area (TPSA) is 98.7 Å². The summed E-state index contributed by atoms with van der Waals surface area (Å²) in [6.07, 6.45) is 1.91. The summed E-state index contributed by atoms with van der Waals surface area (Å²) in [4.78, 5) is 11.2. The number of aromatic nitrogens is 5. The molecule has 112 valence electrons. The number of hydrogen-bond acceptors (Lipinski definition) is 7. The predicted molar refractivity (Wildman–Crippen MR) is 80.7 cm³/mol. The van der Waals surface area contributed by atoms with Crippen LogP contribution in [-0.2, 0) is 4.79 Å². The Morgan fingerprint density at radius 1 is 1.23 bits per heavy atom. The number of nitrogens with one attached hydrogen (secondary N) is 1. The molecule has 1 aromatic carbocycles. The standard InChI is InChI=1S/C13H12N6O2S/c1-8(20)14-11-10(17-21-18-11)12-15-16-13(22-2)19(12)9-6-4-3-5-7-9/h3-7H,1-2H3,(H,14,18,20). The molecule has 0 atom stereocenters. The van der Waals surface area contributed by atoms with E-state index in [-0.39, 0.29) is 11.7 Å². The maximum atomic E-state index is 11.2. The minimum absolute atomic E-state index is 0.213. The first-order valence-corrected chi connectivity index (χ1v) is 7.58. The number of anilines is 1. The summed E-state index contributed by atoms with van der Waals surface area (Å²) < 4.78 is 6.56. The molecule has 0 aliphatic carbocycles. The molecule has 3 rings (SSSR count). The first kappa shape index (κ1) is 14.3. The summed E-state index contributed by atoms with van der Waals surface area (Å²) in [6, 6.07) is 9.61. The van der Waals surface area contributed by atoms with Gasteiger partial charge in [-0.05, 0) is 28.7 Å². The average Bonchev–Trinajstić information content (AvgIpc) is 3.13. The maximum Gasteiger partial charge on any atom is 0.222 e. The summed E-state index contributed by atoms with van der Waals surface area (Å²) in [5.41, 5.74) is 1.20. The van der Waals surface area contributed by atoms with E-state index in [1.807, 2.05) is 41.2 Å². The zero-order chi connectivity index (χ0) is 15.5. The molecule has 0 saturated heterocycles. The van der Waals surface area contributed by atoms with E-state index < -0.39 is 0 Å². The van der Waals surface area contributed by atoms with E-state index in [0.717, 1.165) is 5.69 Å². The van der Waals surface area contributed by atoms with Crippen molar-refractivity contribution in [3.63, 3.8) is 0 Å². The number of amides is 1. The Morgan fingerprint density at radius 2 is 2.00 bits per heavy atom. The summed E-state index contributed by atoms with van der Waals surface area (Å²) in [5, 5.41) is 19.1. The third kappa shape index (κ3) is 2.58. The number of hydrogen-bond donors (Lipinski definition) is 1. The number of carbonyl (C=O) groups excluding carboxylic acids is 1. The zero-order valence-electron chi connectivity index (χ0n) is 11.8. The maximum absolute atomic E-state index is 11.2. The summed E-state index contributed by atoms with van der Waals surface area (Å²) in [5.74, 6) is 0.387. The molecule has 2 heterocycles. The fourth-order valence-electron chi connectivity index (χ4n) is 1.95. The zero-order valence-corrected chi connectivity index (χ0v) is 12.7. The second-order valence-corrected chi connectivity index (χ2v) is 5.10. The van der Waals surface area contributed by atoms with Crippen molar-refractivity contribution in [3.8, 4) is 17.2 Å². The van der Waals surface area contributed by atoms with Crippen LogP contribution in [0.5, 0.6) is 0 Å². The first-order chi connectivity index (χ1) is 10.7. The van der Waals surface area contributed by atoms with E-state index in [1.165, 1.54) is 18.7 Å². The molecule has 0 aliphatic rings. The van der Waals surface area contributed by atoms with Gasteiger partial charge in [-0.15, -0.1) is 10.2 Å². The van der Waals surface area contributed by atoms with Crippen molar-refractivity contribution in [2.75, 3.05) is 11.6 Å². The Balaban J connectivity index is 2.15. The molecule has 1 N–H and O–H groups in total. The van der Waals surface area contributed by atoms with Gasteiger partial charge >= 0.3 is 0 Å². The SMILES string of the molecule is CSc1nnc(-c2nonc2NC(C)=O)n1-c1ccccc1. The van der Waals surface area contributed by atoms with Crippen molar-refractivity contribution >= 4 is 23.5 Å². The fraction of sp³-hybridized carbons (Fsp3) is 0.154. The van der Waals surface area contributed by atoms with Gasteiger partial charge in [-0.25, -0.2) is 4.63 Å². The third-order valence-electron chi connectivity index (χ3n) is 2.83. The van der Waals surface area contributed by atoms with Gasteiger partial charge in [-0.3, -0.25) is 9.36 Å². The first-order valence-electron chi connectivity index (χ1n) is 6.36. The number of rotatable bonds is 4. The van der Waals surface area contributed by atoms with Crippen molar-refractivity contribution in [3.05, 3.63) is 30.3 Å². The van der Waals surface area contributed by atoms with Crippen LogP contribution in [-0.4, -0.2) is 37.2 Å². The second kappa shape index (κ2) is 5.98. The van der Waals surface area contributed by atoms with E-state index in [1.54, 1.807) is 0 Å². The highest BCUT2D eigenvalue weighted by Gasteiger charge is 2.22. The van der Waals surface area contributed by atoms with Gasteiger partial charge in [0, 0.05) is 12.6 Å². The van der Waals surface area contributed by atoms with Crippen molar-refractivity contribution in [2.24, 2.45) is 0 Å². The lowest BCUT2D eigenvalue weighted by Gasteiger charge is -2.07. The van der Waals surface area contributed by atoms with Crippen LogP contribution in [0.3, 0.4) is 0 Å². The summed E-state index contributed by atoms with van der Waals surface area (Å²) >= 11 is 1.45. The van der Waals surface area contributed by atoms with Gasteiger partial charge in [0.15, 0.2) is 16.7 Å². The molecule has 22 heavy (non-hydrogen) atoms. The number of carbonyl (C=O) groups is 1.